The maximum Gasteiger partial charge on any atom is 0.238 e. The Balaban J connectivity index is 0.000000414. The first-order chi connectivity index (χ1) is 17.4. The molecule has 2 aliphatic heterocycles. The van der Waals surface area contributed by atoms with E-state index in [1.807, 2.05) is 44.2 Å². The summed E-state index contributed by atoms with van der Waals surface area (Å²) in [6.07, 6.45) is 2.92. The van der Waals surface area contributed by atoms with Gasteiger partial charge in [0.1, 0.15) is 5.41 Å². The molecule has 1 saturated heterocycles. The van der Waals surface area contributed by atoms with Gasteiger partial charge in [0, 0.05) is 40.9 Å². The second-order valence-corrected chi connectivity index (χ2v) is 17.2. The minimum Gasteiger partial charge on any atom is -0.385 e. The molecule has 0 aliphatic carbocycles. The van der Waals surface area contributed by atoms with E-state index in [9.17, 15) is 9.59 Å². The molecule has 0 saturated carbocycles. The molecule has 4 rings (SSSR count). The number of halogens is 2. The zero-order valence-corrected chi connectivity index (χ0v) is 25.3. The van der Waals surface area contributed by atoms with Gasteiger partial charge in [0.2, 0.25) is 11.8 Å². The van der Waals surface area contributed by atoms with Crippen molar-refractivity contribution in [3.8, 4) is 0 Å². The summed E-state index contributed by atoms with van der Waals surface area (Å²) in [7, 11) is 0.798. The minimum absolute atomic E-state index is 0.0754. The van der Waals surface area contributed by atoms with E-state index in [-0.39, 0.29) is 24.2 Å². The van der Waals surface area contributed by atoms with E-state index in [4.69, 9.17) is 27.9 Å². The van der Waals surface area contributed by atoms with Gasteiger partial charge in [-0.2, -0.15) is 0 Å². The molecule has 0 bridgehead atoms. The number of hydrogen-bond acceptors (Lipinski definition) is 3. The Morgan fingerprint density at radius 2 is 1.84 bits per heavy atom. The summed E-state index contributed by atoms with van der Waals surface area (Å²) in [4.78, 5) is 26.4. The third-order valence-corrected chi connectivity index (χ3v) is 10.9. The van der Waals surface area contributed by atoms with Gasteiger partial charge in [0.15, 0.2) is 0 Å². The average Bonchev–Trinajstić information content (AvgIpc) is 3.12. The first-order valence-corrected chi connectivity index (χ1v) is 17.1. The number of allylic oxidation sites excluding steroid dienone is 1. The molecule has 8 heteroatoms. The Morgan fingerprint density at radius 3 is 2.38 bits per heavy atom. The van der Waals surface area contributed by atoms with Gasteiger partial charge in [-0.05, 0) is 55.7 Å². The van der Waals surface area contributed by atoms with Crippen LogP contribution in [-0.2, 0) is 19.7 Å². The number of fused-ring (bicyclic) bond motifs is 2. The van der Waals surface area contributed by atoms with E-state index in [1.165, 1.54) is 0 Å². The van der Waals surface area contributed by atoms with Crippen molar-refractivity contribution in [3.05, 3.63) is 75.3 Å². The number of benzene rings is 2. The van der Waals surface area contributed by atoms with Crippen LogP contribution in [0.5, 0.6) is 0 Å². The molecule has 2 heterocycles. The standard InChI is InChI=1S/C23H22Cl2N2O2.C6H16OSi/c1-3-13(4-2)21-23(17-9-8-16(25)11-19(17)26-22(23)29)18(12-20(28)27-21)14-6-5-7-15(24)10-14;1-6(7-2)8(3,4)5/h3,5-11,18,21H,4,12H2,1-2H3,(H,26,29)(H,27,28);6H,1-5H3. The van der Waals surface area contributed by atoms with E-state index in [0.29, 0.717) is 21.5 Å². The van der Waals surface area contributed by atoms with Crippen molar-refractivity contribution in [2.75, 3.05) is 12.4 Å². The molecular formula is C29H38Cl2N2O3Si. The van der Waals surface area contributed by atoms with E-state index in [1.54, 1.807) is 25.3 Å². The fourth-order valence-electron chi connectivity index (χ4n) is 5.26. The minimum atomic E-state index is -0.983. The molecular weight excluding hydrogens is 523 g/mol. The highest BCUT2D eigenvalue weighted by Crippen LogP contribution is 2.54. The third kappa shape index (κ3) is 5.82. The summed E-state index contributed by atoms with van der Waals surface area (Å²) >= 11 is 12.5. The molecule has 4 unspecified atom stereocenters. The van der Waals surface area contributed by atoms with Crippen LogP contribution in [0.3, 0.4) is 0 Å². The lowest BCUT2D eigenvalue weighted by molar-refractivity contribution is -0.130. The fraction of sp³-hybridized carbons (Fsp3) is 0.448. The molecule has 1 spiro atoms. The summed E-state index contributed by atoms with van der Waals surface area (Å²) in [5.41, 5.74) is 2.96. The number of rotatable bonds is 5. The van der Waals surface area contributed by atoms with Gasteiger partial charge in [-0.25, -0.2) is 0 Å². The molecule has 37 heavy (non-hydrogen) atoms. The molecule has 2 N–H and O–H groups in total. The average molecular weight is 562 g/mol. The van der Waals surface area contributed by atoms with Gasteiger partial charge >= 0.3 is 0 Å². The van der Waals surface area contributed by atoms with Crippen LogP contribution < -0.4 is 10.6 Å². The number of amides is 2. The predicted octanol–water partition coefficient (Wildman–Crippen LogP) is 7.11. The number of piperidine rings is 1. The molecule has 200 valence electrons. The Labute approximate surface area is 232 Å². The van der Waals surface area contributed by atoms with E-state index < -0.39 is 19.5 Å². The van der Waals surface area contributed by atoms with E-state index in [0.717, 1.165) is 23.1 Å². The maximum absolute atomic E-state index is 13.7. The van der Waals surface area contributed by atoms with Crippen molar-refractivity contribution >= 4 is 48.8 Å². The molecule has 1 fully saturated rings. The van der Waals surface area contributed by atoms with Gasteiger partial charge in [-0.3, -0.25) is 9.59 Å². The smallest absolute Gasteiger partial charge is 0.238 e. The second kappa shape index (κ2) is 11.7. The van der Waals surface area contributed by atoms with E-state index >= 15 is 0 Å². The van der Waals surface area contributed by atoms with Gasteiger partial charge < -0.3 is 15.4 Å². The van der Waals surface area contributed by atoms with Crippen LogP contribution in [0.2, 0.25) is 29.7 Å². The first-order valence-electron chi connectivity index (χ1n) is 12.7. The highest BCUT2D eigenvalue weighted by Gasteiger charge is 2.61. The lowest BCUT2D eigenvalue weighted by atomic mass is 9.59. The van der Waals surface area contributed by atoms with Crippen LogP contribution in [0, 0.1) is 0 Å². The molecule has 0 aromatic heterocycles. The van der Waals surface area contributed by atoms with Gasteiger partial charge in [-0.1, -0.05) is 79.6 Å². The van der Waals surface area contributed by atoms with Crippen molar-refractivity contribution in [1.82, 2.24) is 5.32 Å². The van der Waals surface area contributed by atoms with Crippen LogP contribution in [0.15, 0.2) is 54.1 Å². The highest BCUT2D eigenvalue weighted by atomic mass is 35.5. The summed E-state index contributed by atoms with van der Waals surface area (Å²) in [5.74, 6) is -0.560. The van der Waals surface area contributed by atoms with Crippen LogP contribution in [0.25, 0.3) is 0 Å². The molecule has 0 radical (unpaired) electrons. The number of anilines is 1. The summed E-state index contributed by atoms with van der Waals surface area (Å²) in [5, 5.41) is 7.28. The molecule has 2 aromatic carbocycles. The number of carbonyl (C=O) groups excluding carboxylic acids is 2. The quantitative estimate of drug-likeness (QED) is 0.302. The number of hydrogen-bond donors (Lipinski definition) is 2. The Kier molecular flexibility index (Phi) is 9.33. The fourth-order valence-corrected chi connectivity index (χ4v) is 6.34. The number of carbonyl (C=O) groups is 2. The molecule has 4 atom stereocenters. The summed E-state index contributed by atoms with van der Waals surface area (Å²) in [6, 6.07) is 12.5. The molecule has 2 amide bonds. The van der Waals surface area contributed by atoms with Gasteiger partial charge in [0.05, 0.1) is 14.1 Å². The SMILES string of the molecule is CC=C(CC)C1NC(=O)CC(c2cccc(Cl)c2)C12C(=O)Nc1cc(Cl)ccc12.COC(C)[Si](C)(C)C. The third-order valence-electron chi connectivity index (χ3n) is 7.73. The zero-order chi connectivity index (χ0) is 27.5. The topological polar surface area (TPSA) is 67.4 Å². The number of methoxy groups -OCH3 is 1. The lowest BCUT2D eigenvalue weighted by Gasteiger charge is -2.47. The van der Waals surface area contributed by atoms with Crippen molar-refractivity contribution in [2.45, 2.75) is 76.4 Å². The molecule has 5 nitrogen and oxygen atoms in total. The summed E-state index contributed by atoms with van der Waals surface area (Å²) in [6.45, 7) is 13.0. The zero-order valence-electron chi connectivity index (χ0n) is 22.7. The number of nitrogens with one attached hydrogen (secondary N) is 2. The first kappa shape index (κ1) is 29.4. The van der Waals surface area contributed by atoms with Crippen LogP contribution in [0.1, 0.15) is 50.7 Å². The molecule has 2 aromatic rings. The Bertz CT molecular complexity index is 1190. The van der Waals surface area contributed by atoms with Crippen molar-refractivity contribution < 1.29 is 14.3 Å². The van der Waals surface area contributed by atoms with Crippen molar-refractivity contribution in [3.63, 3.8) is 0 Å². The second-order valence-electron chi connectivity index (χ2n) is 10.8. The van der Waals surface area contributed by atoms with Crippen molar-refractivity contribution in [2.24, 2.45) is 0 Å². The normalized spacial score (nSPS) is 24.1. The highest BCUT2D eigenvalue weighted by molar-refractivity contribution is 6.77. The Hall–Kier alpha value is -2.12. The summed E-state index contributed by atoms with van der Waals surface area (Å²) < 4.78 is 5.18. The Morgan fingerprint density at radius 1 is 1.16 bits per heavy atom. The number of ether oxygens (including phenoxy) is 1. The molecule has 2 aliphatic rings. The van der Waals surface area contributed by atoms with Gasteiger partial charge in [-0.15, -0.1) is 0 Å². The maximum atomic E-state index is 13.7. The van der Waals surface area contributed by atoms with Crippen LogP contribution >= 0.6 is 23.2 Å². The monoisotopic (exact) mass is 560 g/mol. The van der Waals surface area contributed by atoms with Crippen molar-refractivity contribution in [1.29, 1.82) is 0 Å². The van der Waals surface area contributed by atoms with Gasteiger partial charge in [0.25, 0.3) is 0 Å². The lowest BCUT2D eigenvalue weighted by Crippen LogP contribution is -2.62. The largest absolute Gasteiger partial charge is 0.385 e. The van der Waals surface area contributed by atoms with E-state index in [2.05, 4.69) is 37.2 Å². The predicted molar refractivity (Wildman–Crippen MR) is 156 cm³/mol. The van der Waals surface area contributed by atoms with Crippen LogP contribution in [0.4, 0.5) is 5.69 Å². The van der Waals surface area contributed by atoms with Crippen LogP contribution in [-0.4, -0.2) is 38.8 Å².